The van der Waals surface area contributed by atoms with Gasteiger partial charge in [-0.15, -0.1) is 0 Å². The number of nitrogens with zero attached hydrogens (tertiary/aromatic N) is 2. The number of carbonyl (C=O) groups excluding carboxylic acids is 1. The second-order valence-corrected chi connectivity index (χ2v) is 5.77. The van der Waals surface area contributed by atoms with E-state index in [1.807, 2.05) is 36.1 Å². The van der Waals surface area contributed by atoms with Crippen LogP contribution in [-0.4, -0.2) is 67.7 Å². The number of benzene rings is 1. The highest BCUT2D eigenvalue weighted by atomic mass is 16.5. The Kier molecular flexibility index (Phi) is 4.95. The lowest BCUT2D eigenvalue weighted by Gasteiger charge is -2.37. The largest absolute Gasteiger partial charge is 0.493 e. The molecule has 22 heavy (non-hydrogen) atoms. The molecule has 120 valence electrons. The Morgan fingerprint density at radius 2 is 2.05 bits per heavy atom. The predicted molar refractivity (Wildman–Crippen MR) is 84.3 cm³/mol. The third-order valence-corrected chi connectivity index (χ3v) is 4.44. The quantitative estimate of drug-likeness (QED) is 0.848. The van der Waals surface area contributed by atoms with Crippen molar-refractivity contribution in [2.24, 2.45) is 0 Å². The molecule has 0 saturated carbocycles. The number of hydrogen-bond donors (Lipinski definition) is 0. The van der Waals surface area contributed by atoms with Crippen molar-refractivity contribution in [2.75, 3.05) is 46.0 Å². The van der Waals surface area contributed by atoms with Crippen molar-refractivity contribution in [3.63, 3.8) is 0 Å². The highest BCUT2D eigenvalue weighted by molar-refractivity contribution is 5.97. The Morgan fingerprint density at radius 1 is 1.27 bits per heavy atom. The van der Waals surface area contributed by atoms with E-state index in [2.05, 4.69) is 4.90 Å². The predicted octanol–water partition coefficient (Wildman–Crippen LogP) is 1.63. The summed E-state index contributed by atoms with van der Waals surface area (Å²) in [4.78, 5) is 17.1. The highest BCUT2D eigenvalue weighted by Crippen LogP contribution is 2.21. The number of piperazine rings is 1. The van der Waals surface area contributed by atoms with Gasteiger partial charge in [-0.3, -0.25) is 9.69 Å². The zero-order chi connectivity index (χ0) is 15.4. The monoisotopic (exact) mass is 304 g/mol. The molecule has 2 fully saturated rings. The summed E-state index contributed by atoms with van der Waals surface area (Å²) in [6, 6.07) is 8.04. The molecule has 1 atom stereocenters. The van der Waals surface area contributed by atoms with Crippen molar-refractivity contribution in [2.45, 2.75) is 19.4 Å². The first-order valence-corrected chi connectivity index (χ1v) is 8.12. The molecular weight excluding hydrogens is 280 g/mol. The van der Waals surface area contributed by atoms with Gasteiger partial charge >= 0.3 is 0 Å². The van der Waals surface area contributed by atoms with Crippen molar-refractivity contribution < 1.29 is 14.3 Å². The summed E-state index contributed by atoms with van der Waals surface area (Å²) in [6.45, 7) is 7.61. The fraction of sp³-hybridized carbons (Fsp3) is 0.588. The Bertz CT molecular complexity index is 506. The Morgan fingerprint density at radius 3 is 2.73 bits per heavy atom. The molecule has 2 heterocycles. The maximum absolute atomic E-state index is 12.7. The van der Waals surface area contributed by atoms with Crippen LogP contribution in [0.1, 0.15) is 23.7 Å². The molecule has 2 aliphatic heterocycles. The van der Waals surface area contributed by atoms with Gasteiger partial charge in [0.2, 0.25) is 0 Å². The molecule has 0 N–H and O–H groups in total. The first-order valence-electron chi connectivity index (χ1n) is 8.12. The highest BCUT2D eigenvalue weighted by Gasteiger charge is 2.29. The first kappa shape index (κ1) is 15.3. The van der Waals surface area contributed by atoms with E-state index < -0.39 is 0 Å². The van der Waals surface area contributed by atoms with E-state index in [1.54, 1.807) is 0 Å². The van der Waals surface area contributed by atoms with Crippen LogP contribution in [0.5, 0.6) is 5.75 Å². The standard InChI is InChI=1S/C17H24N2O3/c1-2-22-16-6-4-3-5-15(16)17(20)19-10-8-18(9-11-19)14-7-12-21-13-14/h3-6,14H,2,7-13H2,1H3/t14-/m0/s1. The van der Waals surface area contributed by atoms with Gasteiger partial charge in [0.25, 0.3) is 5.91 Å². The van der Waals surface area contributed by atoms with E-state index >= 15 is 0 Å². The zero-order valence-electron chi connectivity index (χ0n) is 13.2. The summed E-state index contributed by atoms with van der Waals surface area (Å²) in [6.07, 6.45) is 1.11. The van der Waals surface area contributed by atoms with E-state index in [4.69, 9.17) is 9.47 Å². The third-order valence-electron chi connectivity index (χ3n) is 4.44. The van der Waals surface area contributed by atoms with Crippen molar-refractivity contribution >= 4 is 5.91 Å². The van der Waals surface area contributed by atoms with Crippen LogP contribution < -0.4 is 4.74 Å². The number of hydrogen-bond acceptors (Lipinski definition) is 4. The van der Waals surface area contributed by atoms with Crippen LogP contribution in [0.2, 0.25) is 0 Å². The lowest BCUT2D eigenvalue weighted by Crippen LogP contribution is -2.52. The maximum atomic E-state index is 12.7. The van der Waals surface area contributed by atoms with Crippen LogP contribution in [-0.2, 0) is 4.74 Å². The van der Waals surface area contributed by atoms with Gasteiger partial charge in [0, 0.05) is 38.8 Å². The molecule has 0 bridgehead atoms. The molecule has 0 aromatic heterocycles. The van der Waals surface area contributed by atoms with E-state index in [0.29, 0.717) is 24.0 Å². The normalized spacial score (nSPS) is 22.8. The van der Waals surface area contributed by atoms with Gasteiger partial charge in [-0.25, -0.2) is 0 Å². The van der Waals surface area contributed by atoms with Gasteiger partial charge in [0.15, 0.2) is 0 Å². The van der Waals surface area contributed by atoms with Crippen LogP contribution in [0.3, 0.4) is 0 Å². The van der Waals surface area contributed by atoms with E-state index in [-0.39, 0.29) is 5.91 Å². The summed E-state index contributed by atoms with van der Waals surface area (Å²) < 4.78 is 11.0. The molecule has 0 unspecified atom stereocenters. The van der Waals surface area contributed by atoms with Gasteiger partial charge < -0.3 is 14.4 Å². The summed E-state index contributed by atoms with van der Waals surface area (Å²) in [5.74, 6) is 0.757. The van der Waals surface area contributed by atoms with Crippen LogP contribution in [0.4, 0.5) is 0 Å². The fourth-order valence-electron chi connectivity index (χ4n) is 3.20. The van der Waals surface area contributed by atoms with Crippen LogP contribution >= 0.6 is 0 Å². The SMILES string of the molecule is CCOc1ccccc1C(=O)N1CCN([C@H]2CCOC2)CC1. The summed E-state index contributed by atoms with van der Waals surface area (Å²) in [7, 11) is 0. The Labute approximate surface area is 131 Å². The van der Waals surface area contributed by atoms with Gasteiger partial charge in [-0.1, -0.05) is 12.1 Å². The molecule has 1 aromatic carbocycles. The third kappa shape index (κ3) is 3.25. The van der Waals surface area contributed by atoms with Gasteiger partial charge in [0.05, 0.1) is 18.8 Å². The molecule has 5 heteroatoms. The number of rotatable bonds is 4. The minimum Gasteiger partial charge on any atom is -0.493 e. The molecular formula is C17H24N2O3. The lowest BCUT2D eigenvalue weighted by atomic mass is 10.1. The van der Waals surface area contributed by atoms with E-state index in [0.717, 1.165) is 45.8 Å². The van der Waals surface area contributed by atoms with Crippen molar-refractivity contribution in [3.8, 4) is 5.75 Å². The first-order chi connectivity index (χ1) is 10.8. The second-order valence-electron chi connectivity index (χ2n) is 5.77. The van der Waals surface area contributed by atoms with Gasteiger partial charge in [-0.05, 0) is 25.5 Å². The smallest absolute Gasteiger partial charge is 0.257 e. The van der Waals surface area contributed by atoms with Gasteiger partial charge in [-0.2, -0.15) is 0 Å². The minimum atomic E-state index is 0.0753. The average molecular weight is 304 g/mol. The molecule has 5 nitrogen and oxygen atoms in total. The lowest BCUT2D eigenvalue weighted by molar-refractivity contribution is 0.0546. The molecule has 1 aromatic rings. The number of carbonyl (C=O) groups is 1. The van der Waals surface area contributed by atoms with E-state index in [9.17, 15) is 4.79 Å². The number of amides is 1. The fourth-order valence-corrected chi connectivity index (χ4v) is 3.20. The molecule has 0 spiro atoms. The molecule has 2 aliphatic rings. The van der Waals surface area contributed by atoms with Crippen molar-refractivity contribution in [1.29, 1.82) is 0 Å². The second kappa shape index (κ2) is 7.11. The van der Waals surface area contributed by atoms with Crippen LogP contribution in [0, 0.1) is 0 Å². The molecule has 0 aliphatic carbocycles. The topological polar surface area (TPSA) is 42.0 Å². The van der Waals surface area contributed by atoms with Gasteiger partial charge in [0.1, 0.15) is 5.75 Å². The summed E-state index contributed by atoms with van der Waals surface area (Å²) >= 11 is 0. The molecule has 3 rings (SSSR count). The van der Waals surface area contributed by atoms with Crippen LogP contribution in [0.25, 0.3) is 0 Å². The summed E-state index contributed by atoms with van der Waals surface area (Å²) in [5, 5.41) is 0. The Hall–Kier alpha value is -1.59. The van der Waals surface area contributed by atoms with Crippen molar-refractivity contribution in [3.05, 3.63) is 29.8 Å². The van der Waals surface area contributed by atoms with Crippen LogP contribution in [0.15, 0.2) is 24.3 Å². The Balaban J connectivity index is 1.62. The molecule has 2 saturated heterocycles. The number of para-hydroxylation sites is 1. The van der Waals surface area contributed by atoms with E-state index in [1.165, 1.54) is 0 Å². The number of ether oxygens (including phenoxy) is 2. The average Bonchev–Trinajstić information content (AvgIpc) is 3.10. The molecule has 0 radical (unpaired) electrons. The molecule has 1 amide bonds. The maximum Gasteiger partial charge on any atom is 0.257 e. The van der Waals surface area contributed by atoms with Crippen molar-refractivity contribution in [1.82, 2.24) is 9.80 Å². The minimum absolute atomic E-state index is 0.0753. The summed E-state index contributed by atoms with van der Waals surface area (Å²) in [5.41, 5.74) is 0.669. The zero-order valence-corrected chi connectivity index (χ0v) is 13.2.